The SMILES string of the molecule is CNCCC(F)(F)c1ccc(Cl)s1. The van der Waals surface area contributed by atoms with Crippen LogP contribution in [0.2, 0.25) is 4.34 Å². The molecule has 0 aliphatic heterocycles. The smallest absolute Gasteiger partial charge is 0.283 e. The summed E-state index contributed by atoms with van der Waals surface area (Å²) in [6.45, 7) is 0.294. The molecule has 0 atom stereocenters. The van der Waals surface area contributed by atoms with Crippen molar-refractivity contribution in [3.63, 3.8) is 0 Å². The van der Waals surface area contributed by atoms with E-state index >= 15 is 0 Å². The average Bonchev–Trinajstić information content (AvgIpc) is 2.49. The van der Waals surface area contributed by atoms with Crippen LogP contribution in [0.5, 0.6) is 0 Å². The normalized spacial score (nSPS) is 12.0. The summed E-state index contributed by atoms with van der Waals surface area (Å²) in [5, 5.41) is 2.69. The number of halogens is 3. The minimum Gasteiger partial charge on any atom is -0.320 e. The summed E-state index contributed by atoms with van der Waals surface area (Å²) >= 11 is 6.50. The molecule has 0 aliphatic rings. The van der Waals surface area contributed by atoms with Gasteiger partial charge in [-0.05, 0) is 19.2 Å². The van der Waals surface area contributed by atoms with Gasteiger partial charge >= 0.3 is 0 Å². The fourth-order valence-corrected chi connectivity index (χ4v) is 1.96. The predicted octanol–water partition coefficient (Wildman–Crippen LogP) is 3.10. The summed E-state index contributed by atoms with van der Waals surface area (Å²) in [5.74, 6) is -2.76. The van der Waals surface area contributed by atoms with Crippen molar-refractivity contribution in [3.05, 3.63) is 21.3 Å². The van der Waals surface area contributed by atoms with Gasteiger partial charge in [-0.15, -0.1) is 11.3 Å². The zero-order chi connectivity index (χ0) is 9.90. The second-order valence-corrected chi connectivity index (χ2v) is 4.38. The highest BCUT2D eigenvalue weighted by Gasteiger charge is 2.32. The number of thiophene rings is 1. The molecule has 1 heterocycles. The highest BCUT2D eigenvalue weighted by Crippen LogP contribution is 2.37. The molecule has 0 fully saturated rings. The molecule has 0 saturated carbocycles. The first kappa shape index (κ1) is 10.9. The van der Waals surface area contributed by atoms with Crippen LogP contribution in [0, 0.1) is 0 Å². The fourth-order valence-electron chi connectivity index (χ4n) is 0.916. The molecule has 0 aliphatic carbocycles. The van der Waals surface area contributed by atoms with Crippen molar-refractivity contribution in [1.29, 1.82) is 0 Å². The molecular weight excluding hydrogens is 216 g/mol. The number of hydrogen-bond donors (Lipinski definition) is 1. The molecule has 74 valence electrons. The predicted molar refractivity (Wildman–Crippen MR) is 51.8 cm³/mol. The van der Waals surface area contributed by atoms with Crippen LogP contribution in [0.25, 0.3) is 0 Å². The van der Waals surface area contributed by atoms with Crippen molar-refractivity contribution < 1.29 is 8.78 Å². The van der Waals surface area contributed by atoms with E-state index in [0.717, 1.165) is 11.3 Å². The quantitative estimate of drug-likeness (QED) is 0.831. The maximum absolute atomic E-state index is 13.3. The van der Waals surface area contributed by atoms with E-state index in [-0.39, 0.29) is 11.3 Å². The summed E-state index contributed by atoms with van der Waals surface area (Å²) in [6, 6.07) is 2.87. The lowest BCUT2D eigenvalue weighted by Gasteiger charge is -2.13. The summed E-state index contributed by atoms with van der Waals surface area (Å²) < 4.78 is 26.9. The number of alkyl halides is 2. The average molecular weight is 226 g/mol. The van der Waals surface area contributed by atoms with Gasteiger partial charge in [-0.1, -0.05) is 11.6 Å². The van der Waals surface area contributed by atoms with Crippen LogP contribution in [-0.4, -0.2) is 13.6 Å². The van der Waals surface area contributed by atoms with Gasteiger partial charge in [0.1, 0.15) is 0 Å². The molecule has 0 bridgehead atoms. The second-order valence-electron chi connectivity index (χ2n) is 2.66. The molecule has 1 N–H and O–H groups in total. The maximum Gasteiger partial charge on any atom is 0.283 e. The molecule has 1 aromatic heterocycles. The molecule has 0 radical (unpaired) electrons. The first-order chi connectivity index (χ1) is 6.06. The Morgan fingerprint density at radius 2 is 2.23 bits per heavy atom. The van der Waals surface area contributed by atoms with Crippen molar-refractivity contribution in [3.8, 4) is 0 Å². The Balaban J connectivity index is 2.68. The van der Waals surface area contributed by atoms with Gasteiger partial charge in [0.05, 0.1) is 9.21 Å². The molecule has 0 unspecified atom stereocenters. The summed E-state index contributed by atoms with van der Waals surface area (Å²) in [6.07, 6.45) is -0.194. The Kier molecular flexibility index (Phi) is 3.64. The molecule has 5 heteroatoms. The lowest BCUT2D eigenvalue weighted by Crippen LogP contribution is -2.19. The first-order valence-corrected chi connectivity index (χ1v) is 5.04. The molecule has 1 aromatic rings. The molecule has 13 heavy (non-hydrogen) atoms. The van der Waals surface area contributed by atoms with Crippen LogP contribution in [0.4, 0.5) is 8.78 Å². The van der Waals surface area contributed by atoms with Gasteiger partial charge in [0, 0.05) is 13.0 Å². The van der Waals surface area contributed by atoms with Crippen LogP contribution in [0.1, 0.15) is 11.3 Å². The molecule has 0 aromatic carbocycles. The standard InChI is InChI=1S/C8H10ClF2NS/c1-12-5-4-8(10,11)6-2-3-7(9)13-6/h2-3,12H,4-5H2,1H3. The van der Waals surface area contributed by atoms with Crippen molar-refractivity contribution in [1.82, 2.24) is 5.32 Å². The Labute approximate surface area is 84.7 Å². The Hall–Kier alpha value is -0.190. The van der Waals surface area contributed by atoms with Gasteiger partial charge in [-0.2, -0.15) is 0 Å². The summed E-state index contributed by atoms with van der Waals surface area (Å²) in [5.41, 5.74) is 0. The maximum atomic E-state index is 13.3. The Bertz CT molecular complexity index is 275. The van der Waals surface area contributed by atoms with Gasteiger partial charge in [0.25, 0.3) is 5.92 Å². The molecule has 0 saturated heterocycles. The van der Waals surface area contributed by atoms with Crippen LogP contribution in [0.3, 0.4) is 0 Å². The third-order valence-corrected chi connectivity index (χ3v) is 2.97. The minimum absolute atomic E-state index is 0.0350. The van der Waals surface area contributed by atoms with Crippen molar-refractivity contribution in [2.24, 2.45) is 0 Å². The van der Waals surface area contributed by atoms with Gasteiger partial charge in [-0.25, -0.2) is 8.78 Å². The topological polar surface area (TPSA) is 12.0 Å². The van der Waals surface area contributed by atoms with Crippen LogP contribution in [-0.2, 0) is 5.92 Å². The van der Waals surface area contributed by atoms with Gasteiger partial charge in [0.2, 0.25) is 0 Å². The highest BCUT2D eigenvalue weighted by molar-refractivity contribution is 7.16. The summed E-state index contributed by atoms with van der Waals surface area (Å²) in [4.78, 5) is 0.0350. The number of hydrogen-bond acceptors (Lipinski definition) is 2. The zero-order valence-electron chi connectivity index (χ0n) is 7.11. The van der Waals surface area contributed by atoms with E-state index in [1.54, 1.807) is 7.05 Å². The zero-order valence-corrected chi connectivity index (χ0v) is 8.68. The van der Waals surface area contributed by atoms with E-state index in [0.29, 0.717) is 10.9 Å². The van der Waals surface area contributed by atoms with Gasteiger partial charge in [-0.3, -0.25) is 0 Å². The second kappa shape index (κ2) is 4.35. The van der Waals surface area contributed by atoms with Crippen LogP contribution >= 0.6 is 22.9 Å². The molecular formula is C8H10ClF2NS. The monoisotopic (exact) mass is 225 g/mol. The van der Waals surface area contributed by atoms with E-state index in [1.807, 2.05) is 0 Å². The molecule has 1 rings (SSSR count). The summed E-state index contributed by atoms with van der Waals surface area (Å²) in [7, 11) is 1.65. The van der Waals surface area contributed by atoms with Crippen molar-refractivity contribution in [2.75, 3.05) is 13.6 Å². The van der Waals surface area contributed by atoms with E-state index < -0.39 is 5.92 Å². The Morgan fingerprint density at radius 1 is 1.54 bits per heavy atom. The highest BCUT2D eigenvalue weighted by atomic mass is 35.5. The fraction of sp³-hybridized carbons (Fsp3) is 0.500. The lowest BCUT2D eigenvalue weighted by molar-refractivity contribution is -0.00848. The molecule has 0 amide bonds. The van der Waals surface area contributed by atoms with Crippen molar-refractivity contribution >= 4 is 22.9 Å². The third kappa shape index (κ3) is 2.90. The number of rotatable bonds is 4. The lowest BCUT2D eigenvalue weighted by atomic mass is 10.2. The largest absolute Gasteiger partial charge is 0.320 e. The first-order valence-electron chi connectivity index (χ1n) is 3.84. The van der Waals surface area contributed by atoms with Gasteiger partial charge < -0.3 is 5.32 Å². The molecule has 0 spiro atoms. The van der Waals surface area contributed by atoms with Crippen molar-refractivity contribution in [2.45, 2.75) is 12.3 Å². The molecule has 1 nitrogen and oxygen atoms in total. The number of nitrogens with one attached hydrogen (secondary N) is 1. The third-order valence-electron chi connectivity index (χ3n) is 1.62. The van der Waals surface area contributed by atoms with E-state index in [4.69, 9.17) is 11.6 Å². The Morgan fingerprint density at radius 3 is 2.69 bits per heavy atom. The van der Waals surface area contributed by atoms with Crippen LogP contribution in [0.15, 0.2) is 12.1 Å². The minimum atomic E-state index is -2.76. The van der Waals surface area contributed by atoms with E-state index in [2.05, 4.69) is 5.32 Å². The van der Waals surface area contributed by atoms with Crippen LogP contribution < -0.4 is 5.32 Å². The van der Waals surface area contributed by atoms with E-state index in [9.17, 15) is 8.78 Å². The van der Waals surface area contributed by atoms with Gasteiger partial charge in [0.15, 0.2) is 0 Å². The van der Waals surface area contributed by atoms with E-state index in [1.165, 1.54) is 12.1 Å².